The van der Waals surface area contributed by atoms with E-state index in [4.69, 9.17) is 4.42 Å². The highest BCUT2D eigenvalue weighted by atomic mass is 16.3. The van der Waals surface area contributed by atoms with Crippen molar-refractivity contribution in [3.8, 4) is 0 Å². The SMILES string of the molecule is CCC(C)n1cc(C(=O)NCc2ccco2)c(=O)c(C(=O)NCC(C)C)c1. The van der Waals surface area contributed by atoms with Crippen molar-refractivity contribution >= 4 is 11.8 Å². The fourth-order valence-corrected chi connectivity index (χ4v) is 2.45. The maximum absolute atomic E-state index is 12.8. The van der Waals surface area contributed by atoms with Crippen LogP contribution < -0.4 is 16.1 Å². The minimum atomic E-state index is -0.576. The van der Waals surface area contributed by atoms with Gasteiger partial charge in [0.2, 0.25) is 5.43 Å². The Hall–Kier alpha value is -2.83. The highest BCUT2D eigenvalue weighted by Crippen LogP contribution is 2.12. The maximum atomic E-state index is 12.8. The molecule has 0 aliphatic carbocycles. The molecule has 1 atom stereocenters. The molecule has 0 bridgehead atoms. The lowest BCUT2D eigenvalue weighted by Crippen LogP contribution is -2.36. The van der Waals surface area contributed by atoms with Crippen LogP contribution >= 0.6 is 0 Å². The summed E-state index contributed by atoms with van der Waals surface area (Å²) in [6.45, 7) is 8.52. The normalized spacial score (nSPS) is 12.0. The van der Waals surface area contributed by atoms with E-state index in [-0.39, 0.29) is 29.6 Å². The number of hydrogen-bond donors (Lipinski definition) is 2. The van der Waals surface area contributed by atoms with E-state index in [1.54, 1.807) is 16.7 Å². The number of nitrogens with one attached hydrogen (secondary N) is 2. The number of carbonyl (C=O) groups excluding carboxylic acids is 2. The topological polar surface area (TPSA) is 93.3 Å². The van der Waals surface area contributed by atoms with Gasteiger partial charge in [-0.2, -0.15) is 0 Å². The van der Waals surface area contributed by atoms with Crippen molar-refractivity contribution in [2.75, 3.05) is 6.54 Å². The monoisotopic (exact) mass is 373 g/mol. The molecule has 0 aromatic carbocycles. The number of nitrogens with zero attached hydrogens (tertiary/aromatic N) is 1. The lowest BCUT2D eigenvalue weighted by molar-refractivity contribution is 0.0944. The lowest BCUT2D eigenvalue weighted by Gasteiger charge is -2.17. The van der Waals surface area contributed by atoms with E-state index in [1.165, 1.54) is 18.7 Å². The van der Waals surface area contributed by atoms with Crippen LogP contribution in [-0.2, 0) is 6.54 Å². The molecule has 2 amide bonds. The summed E-state index contributed by atoms with van der Waals surface area (Å²) < 4.78 is 6.93. The van der Waals surface area contributed by atoms with Crippen LogP contribution in [-0.4, -0.2) is 22.9 Å². The van der Waals surface area contributed by atoms with Crippen molar-refractivity contribution in [3.05, 3.63) is 57.9 Å². The largest absolute Gasteiger partial charge is 0.467 e. The van der Waals surface area contributed by atoms with Crippen LogP contribution in [0.4, 0.5) is 0 Å². The van der Waals surface area contributed by atoms with Crippen LogP contribution in [0.3, 0.4) is 0 Å². The molecule has 2 rings (SSSR count). The first-order chi connectivity index (χ1) is 12.8. The molecule has 146 valence electrons. The van der Waals surface area contributed by atoms with E-state index >= 15 is 0 Å². The molecule has 7 heteroatoms. The van der Waals surface area contributed by atoms with Gasteiger partial charge in [0.15, 0.2) is 0 Å². The predicted molar refractivity (Wildman–Crippen MR) is 103 cm³/mol. The highest BCUT2D eigenvalue weighted by molar-refractivity contribution is 5.99. The fourth-order valence-electron chi connectivity index (χ4n) is 2.45. The molecule has 27 heavy (non-hydrogen) atoms. The Labute approximate surface area is 158 Å². The zero-order valence-electron chi connectivity index (χ0n) is 16.2. The van der Waals surface area contributed by atoms with Crippen molar-refractivity contribution in [1.82, 2.24) is 15.2 Å². The van der Waals surface area contributed by atoms with Gasteiger partial charge < -0.3 is 19.6 Å². The summed E-state index contributed by atoms with van der Waals surface area (Å²) in [6.07, 6.45) is 5.34. The molecule has 2 aromatic rings. The summed E-state index contributed by atoms with van der Waals surface area (Å²) in [6, 6.07) is 3.49. The summed E-state index contributed by atoms with van der Waals surface area (Å²) in [7, 11) is 0. The van der Waals surface area contributed by atoms with Gasteiger partial charge in [-0.05, 0) is 31.4 Å². The van der Waals surface area contributed by atoms with E-state index in [9.17, 15) is 14.4 Å². The first-order valence-corrected chi connectivity index (χ1v) is 9.18. The van der Waals surface area contributed by atoms with Gasteiger partial charge in [0.05, 0.1) is 12.8 Å². The summed E-state index contributed by atoms with van der Waals surface area (Å²) in [4.78, 5) is 37.8. The quantitative estimate of drug-likeness (QED) is 0.744. The van der Waals surface area contributed by atoms with Gasteiger partial charge in [0.25, 0.3) is 11.8 Å². The fraction of sp³-hybridized carbons (Fsp3) is 0.450. The van der Waals surface area contributed by atoms with Crippen LogP contribution in [0.15, 0.2) is 40.0 Å². The second-order valence-electron chi connectivity index (χ2n) is 6.99. The van der Waals surface area contributed by atoms with Gasteiger partial charge in [0, 0.05) is 25.0 Å². The van der Waals surface area contributed by atoms with Crippen LogP contribution in [0.5, 0.6) is 0 Å². The van der Waals surface area contributed by atoms with Crippen molar-refractivity contribution in [2.24, 2.45) is 5.92 Å². The molecule has 2 heterocycles. The standard InChI is InChI=1S/C20H27N3O4/c1-5-14(4)23-11-16(19(25)21-9-13(2)3)18(24)17(12-23)20(26)22-10-15-7-6-8-27-15/h6-8,11-14H,5,9-10H2,1-4H3,(H,21,25)(H,22,26). The van der Waals surface area contributed by atoms with Crippen LogP contribution in [0.2, 0.25) is 0 Å². The van der Waals surface area contributed by atoms with E-state index in [0.29, 0.717) is 12.3 Å². The number of aromatic nitrogens is 1. The average Bonchev–Trinajstić information content (AvgIpc) is 3.17. The predicted octanol–water partition coefficient (Wildman–Crippen LogP) is 2.73. The Morgan fingerprint density at radius 3 is 2.26 bits per heavy atom. The molecule has 0 saturated carbocycles. The molecule has 1 unspecified atom stereocenters. The molecule has 7 nitrogen and oxygen atoms in total. The molecular formula is C20H27N3O4. The third kappa shape index (κ3) is 5.32. The third-order valence-corrected chi connectivity index (χ3v) is 4.31. The highest BCUT2D eigenvalue weighted by Gasteiger charge is 2.20. The zero-order valence-corrected chi connectivity index (χ0v) is 16.2. The van der Waals surface area contributed by atoms with Crippen molar-refractivity contribution in [2.45, 2.75) is 46.7 Å². The Morgan fingerprint density at radius 1 is 1.11 bits per heavy atom. The zero-order chi connectivity index (χ0) is 20.0. The Kier molecular flexibility index (Phi) is 6.98. The van der Waals surface area contributed by atoms with Gasteiger partial charge in [-0.25, -0.2) is 0 Å². The van der Waals surface area contributed by atoms with Crippen LogP contribution in [0.25, 0.3) is 0 Å². The number of carbonyl (C=O) groups is 2. The molecule has 0 aliphatic heterocycles. The second kappa shape index (κ2) is 9.21. The van der Waals surface area contributed by atoms with Gasteiger partial charge in [-0.3, -0.25) is 14.4 Å². The van der Waals surface area contributed by atoms with Crippen LogP contribution in [0, 0.1) is 5.92 Å². The summed E-state index contributed by atoms with van der Waals surface area (Å²) in [5.74, 6) is -0.166. The number of hydrogen-bond acceptors (Lipinski definition) is 4. The van der Waals surface area contributed by atoms with Crippen LogP contribution in [0.1, 0.15) is 66.6 Å². The van der Waals surface area contributed by atoms with Crippen molar-refractivity contribution < 1.29 is 14.0 Å². The van der Waals surface area contributed by atoms with Gasteiger partial charge in [0.1, 0.15) is 16.9 Å². The Morgan fingerprint density at radius 2 is 1.74 bits per heavy atom. The Balaban J connectivity index is 2.33. The molecular weight excluding hydrogens is 346 g/mol. The number of furan rings is 1. The molecule has 0 aliphatic rings. The van der Waals surface area contributed by atoms with E-state index in [0.717, 1.165) is 6.42 Å². The lowest BCUT2D eigenvalue weighted by atomic mass is 10.1. The summed E-state index contributed by atoms with van der Waals surface area (Å²) in [5.41, 5.74) is -0.659. The third-order valence-electron chi connectivity index (χ3n) is 4.31. The minimum Gasteiger partial charge on any atom is -0.467 e. The molecule has 0 saturated heterocycles. The van der Waals surface area contributed by atoms with E-state index in [2.05, 4.69) is 10.6 Å². The molecule has 2 N–H and O–H groups in total. The number of pyridine rings is 1. The van der Waals surface area contributed by atoms with Crippen molar-refractivity contribution in [3.63, 3.8) is 0 Å². The van der Waals surface area contributed by atoms with Gasteiger partial charge in [-0.15, -0.1) is 0 Å². The maximum Gasteiger partial charge on any atom is 0.257 e. The molecule has 0 spiro atoms. The van der Waals surface area contributed by atoms with Gasteiger partial charge >= 0.3 is 0 Å². The summed E-state index contributed by atoms with van der Waals surface area (Å²) >= 11 is 0. The smallest absolute Gasteiger partial charge is 0.257 e. The average molecular weight is 373 g/mol. The minimum absolute atomic E-state index is 0.0263. The molecule has 0 radical (unpaired) electrons. The van der Waals surface area contributed by atoms with Crippen molar-refractivity contribution in [1.29, 1.82) is 0 Å². The number of amides is 2. The Bertz CT molecular complexity index is 837. The first kappa shape index (κ1) is 20.5. The molecule has 2 aromatic heterocycles. The van der Waals surface area contributed by atoms with E-state index < -0.39 is 17.2 Å². The summed E-state index contributed by atoms with van der Waals surface area (Å²) in [5, 5.41) is 5.41. The van der Waals surface area contributed by atoms with Gasteiger partial charge in [-0.1, -0.05) is 20.8 Å². The second-order valence-corrected chi connectivity index (χ2v) is 6.99. The van der Waals surface area contributed by atoms with E-state index in [1.807, 2.05) is 27.7 Å². The first-order valence-electron chi connectivity index (χ1n) is 9.18. The number of rotatable bonds is 8. The molecule has 0 fully saturated rings.